The predicted molar refractivity (Wildman–Crippen MR) is 89.1 cm³/mol. The second kappa shape index (κ2) is 8.00. The van der Waals surface area contributed by atoms with Crippen LogP contribution in [0, 0.1) is 10.1 Å². The summed E-state index contributed by atoms with van der Waals surface area (Å²) >= 11 is 0. The molecule has 0 saturated carbocycles. The number of carbonyl (C=O) groups excluding carboxylic acids is 2. The fourth-order valence-electron chi connectivity index (χ4n) is 2.23. The molecule has 1 amide bonds. The van der Waals surface area contributed by atoms with Gasteiger partial charge in [-0.2, -0.15) is 0 Å². The maximum Gasteiger partial charge on any atom is 0.338 e. The Bertz CT molecular complexity index is 792. The average molecular weight is 343 g/mol. The Morgan fingerprint density at radius 3 is 2.60 bits per heavy atom. The van der Waals surface area contributed by atoms with Gasteiger partial charge >= 0.3 is 5.97 Å². The van der Waals surface area contributed by atoms with Gasteiger partial charge in [0, 0.05) is 43.7 Å². The lowest BCUT2D eigenvalue weighted by Gasteiger charge is -2.17. The zero-order valence-electron chi connectivity index (χ0n) is 13.8. The SMILES string of the molecule is CCOC(=O)c1cc(C(=O)N(C)Cc2cccnc2)cc([N+](=O)[O-])c1. The van der Waals surface area contributed by atoms with E-state index < -0.39 is 16.8 Å². The van der Waals surface area contributed by atoms with Crippen molar-refractivity contribution in [1.29, 1.82) is 0 Å². The third-order valence-electron chi connectivity index (χ3n) is 3.38. The van der Waals surface area contributed by atoms with Crippen molar-refractivity contribution < 1.29 is 19.2 Å². The number of hydrogen-bond donors (Lipinski definition) is 0. The molecule has 8 nitrogen and oxygen atoms in total. The van der Waals surface area contributed by atoms with E-state index in [0.29, 0.717) is 0 Å². The summed E-state index contributed by atoms with van der Waals surface area (Å²) in [4.78, 5) is 40.3. The summed E-state index contributed by atoms with van der Waals surface area (Å²) in [6.45, 7) is 2.04. The number of amides is 1. The second-order valence-electron chi connectivity index (χ2n) is 5.27. The highest BCUT2D eigenvalue weighted by Crippen LogP contribution is 2.20. The Kier molecular flexibility index (Phi) is 5.78. The zero-order chi connectivity index (χ0) is 18.4. The van der Waals surface area contributed by atoms with Gasteiger partial charge in [-0.15, -0.1) is 0 Å². The Morgan fingerprint density at radius 1 is 1.28 bits per heavy atom. The van der Waals surface area contributed by atoms with Gasteiger partial charge in [0.15, 0.2) is 0 Å². The number of esters is 1. The van der Waals surface area contributed by atoms with Crippen molar-refractivity contribution in [3.63, 3.8) is 0 Å². The van der Waals surface area contributed by atoms with Crippen LogP contribution in [-0.2, 0) is 11.3 Å². The minimum absolute atomic E-state index is 0.0332. The van der Waals surface area contributed by atoms with Gasteiger partial charge in [-0.1, -0.05) is 6.07 Å². The first-order valence-electron chi connectivity index (χ1n) is 7.53. The van der Waals surface area contributed by atoms with Gasteiger partial charge in [0.25, 0.3) is 11.6 Å². The first-order valence-corrected chi connectivity index (χ1v) is 7.53. The highest BCUT2D eigenvalue weighted by Gasteiger charge is 2.20. The molecule has 8 heteroatoms. The third kappa shape index (κ3) is 4.60. The van der Waals surface area contributed by atoms with Gasteiger partial charge in [0.05, 0.1) is 17.1 Å². The molecule has 0 N–H and O–H groups in total. The van der Waals surface area contributed by atoms with E-state index in [2.05, 4.69) is 4.98 Å². The summed E-state index contributed by atoms with van der Waals surface area (Å²) in [6, 6.07) is 7.10. The van der Waals surface area contributed by atoms with Gasteiger partial charge in [0.2, 0.25) is 0 Å². The summed E-state index contributed by atoms with van der Waals surface area (Å²) in [5.41, 5.74) is 0.482. The van der Waals surface area contributed by atoms with Crippen molar-refractivity contribution in [3.05, 3.63) is 69.5 Å². The average Bonchev–Trinajstić information content (AvgIpc) is 2.61. The predicted octanol–water partition coefficient (Wildman–Crippen LogP) is 2.44. The molecule has 25 heavy (non-hydrogen) atoms. The molecule has 0 aliphatic carbocycles. The largest absolute Gasteiger partial charge is 0.462 e. The Hall–Kier alpha value is -3.29. The number of nitro groups is 1. The number of benzene rings is 1. The Morgan fingerprint density at radius 2 is 2.00 bits per heavy atom. The molecule has 2 rings (SSSR count). The van der Waals surface area contributed by atoms with Gasteiger partial charge < -0.3 is 9.64 Å². The van der Waals surface area contributed by atoms with Crippen LogP contribution in [0.15, 0.2) is 42.7 Å². The Balaban J connectivity index is 2.31. The van der Waals surface area contributed by atoms with Crippen molar-refractivity contribution >= 4 is 17.6 Å². The van der Waals surface area contributed by atoms with Gasteiger partial charge in [-0.05, 0) is 24.6 Å². The van der Waals surface area contributed by atoms with E-state index in [9.17, 15) is 19.7 Å². The van der Waals surface area contributed by atoms with E-state index >= 15 is 0 Å². The maximum absolute atomic E-state index is 12.6. The van der Waals surface area contributed by atoms with Crippen LogP contribution < -0.4 is 0 Å². The van der Waals surface area contributed by atoms with Gasteiger partial charge in [-0.3, -0.25) is 19.9 Å². The number of aromatic nitrogens is 1. The molecule has 0 radical (unpaired) electrons. The van der Waals surface area contributed by atoms with E-state index in [1.165, 1.54) is 11.0 Å². The van der Waals surface area contributed by atoms with Crippen LogP contribution in [0.1, 0.15) is 33.2 Å². The van der Waals surface area contributed by atoms with Crippen LogP contribution in [0.5, 0.6) is 0 Å². The first kappa shape index (κ1) is 18.1. The molecule has 0 bridgehead atoms. The molecule has 0 aliphatic heterocycles. The van der Waals surface area contributed by atoms with Crippen molar-refractivity contribution in [2.75, 3.05) is 13.7 Å². The summed E-state index contributed by atoms with van der Waals surface area (Å²) < 4.78 is 4.86. The molecule has 1 aromatic carbocycles. The molecular weight excluding hydrogens is 326 g/mol. The van der Waals surface area contributed by atoms with Crippen LogP contribution in [0.3, 0.4) is 0 Å². The molecule has 1 aromatic heterocycles. The lowest BCUT2D eigenvalue weighted by Crippen LogP contribution is -2.26. The summed E-state index contributed by atoms with van der Waals surface area (Å²) in [7, 11) is 1.57. The second-order valence-corrected chi connectivity index (χ2v) is 5.27. The van der Waals surface area contributed by atoms with Crippen LogP contribution in [-0.4, -0.2) is 40.3 Å². The van der Waals surface area contributed by atoms with E-state index in [-0.39, 0.29) is 30.0 Å². The molecule has 0 saturated heterocycles. The first-order chi connectivity index (χ1) is 11.9. The summed E-state index contributed by atoms with van der Waals surface area (Å²) in [6.07, 6.45) is 3.25. The number of hydrogen-bond acceptors (Lipinski definition) is 6. The topological polar surface area (TPSA) is 103 Å². The molecule has 0 unspecified atom stereocenters. The standard InChI is InChI=1S/C17H17N3O5/c1-3-25-17(22)14-7-13(8-15(9-14)20(23)24)16(21)19(2)11-12-5-4-6-18-10-12/h4-10H,3,11H2,1-2H3. The number of rotatable bonds is 6. The maximum atomic E-state index is 12.6. The number of non-ortho nitro benzene ring substituents is 1. The smallest absolute Gasteiger partial charge is 0.338 e. The van der Waals surface area contributed by atoms with Crippen molar-refractivity contribution in [3.8, 4) is 0 Å². The van der Waals surface area contributed by atoms with Crippen molar-refractivity contribution in [1.82, 2.24) is 9.88 Å². The van der Waals surface area contributed by atoms with Crippen LogP contribution in [0.4, 0.5) is 5.69 Å². The Labute approximate surface area is 144 Å². The quantitative estimate of drug-likeness (QED) is 0.453. The van der Waals surface area contributed by atoms with Crippen molar-refractivity contribution in [2.45, 2.75) is 13.5 Å². The van der Waals surface area contributed by atoms with Crippen molar-refractivity contribution in [2.24, 2.45) is 0 Å². The fourth-order valence-corrected chi connectivity index (χ4v) is 2.23. The van der Waals surface area contributed by atoms with Crippen LogP contribution >= 0.6 is 0 Å². The van der Waals surface area contributed by atoms with Gasteiger partial charge in [0.1, 0.15) is 0 Å². The van der Waals surface area contributed by atoms with Gasteiger partial charge in [-0.25, -0.2) is 4.79 Å². The minimum Gasteiger partial charge on any atom is -0.462 e. The highest BCUT2D eigenvalue weighted by atomic mass is 16.6. The van der Waals surface area contributed by atoms with Crippen LogP contribution in [0.2, 0.25) is 0 Å². The number of nitrogens with zero attached hydrogens (tertiary/aromatic N) is 3. The molecule has 0 aliphatic rings. The molecule has 0 atom stereocenters. The fraction of sp³-hybridized carbons (Fsp3) is 0.235. The molecule has 130 valence electrons. The monoisotopic (exact) mass is 343 g/mol. The molecule has 0 fully saturated rings. The zero-order valence-corrected chi connectivity index (χ0v) is 13.8. The summed E-state index contributed by atoms with van der Waals surface area (Å²) in [5, 5.41) is 11.1. The minimum atomic E-state index is -0.713. The lowest BCUT2D eigenvalue weighted by atomic mass is 10.1. The van der Waals surface area contributed by atoms with E-state index in [0.717, 1.165) is 17.7 Å². The highest BCUT2D eigenvalue weighted by molar-refractivity contribution is 5.98. The van der Waals surface area contributed by atoms with E-state index in [1.54, 1.807) is 32.4 Å². The number of pyridine rings is 1. The molecular formula is C17H17N3O5. The molecule has 0 spiro atoms. The number of nitro benzene ring substituents is 1. The lowest BCUT2D eigenvalue weighted by molar-refractivity contribution is -0.384. The number of ether oxygens (including phenoxy) is 1. The summed E-state index contributed by atoms with van der Waals surface area (Å²) in [5.74, 6) is -1.16. The molecule has 1 heterocycles. The van der Waals surface area contributed by atoms with E-state index in [4.69, 9.17) is 4.74 Å². The third-order valence-corrected chi connectivity index (χ3v) is 3.38. The normalized spacial score (nSPS) is 10.2. The number of carbonyl (C=O) groups is 2. The van der Waals surface area contributed by atoms with Crippen LogP contribution in [0.25, 0.3) is 0 Å². The van der Waals surface area contributed by atoms with E-state index in [1.807, 2.05) is 6.07 Å². The molecule has 2 aromatic rings.